The lowest BCUT2D eigenvalue weighted by molar-refractivity contribution is -0.117. The molecule has 4 rings (SSSR count). The molecule has 1 atom stereocenters. The molecular formula is C21H22ClN3O2S. The second kappa shape index (κ2) is 8.47. The summed E-state index contributed by atoms with van der Waals surface area (Å²) in [6, 6.07) is 13.5. The normalized spacial score (nSPS) is 17.6. The second-order valence-electron chi connectivity index (χ2n) is 6.99. The van der Waals surface area contributed by atoms with Crippen LogP contribution in [0.15, 0.2) is 42.5 Å². The Kier molecular flexibility index (Phi) is 5.80. The van der Waals surface area contributed by atoms with Gasteiger partial charge in [0.1, 0.15) is 5.75 Å². The number of likely N-dealkylation sites (tertiary alicyclic amines) is 1. The first-order valence-corrected chi connectivity index (χ1v) is 10.5. The Balaban J connectivity index is 1.38. The number of benzene rings is 2. The Morgan fingerprint density at radius 3 is 3.00 bits per heavy atom. The van der Waals surface area contributed by atoms with Gasteiger partial charge in [-0.25, -0.2) is 4.98 Å². The van der Waals surface area contributed by atoms with E-state index in [4.69, 9.17) is 21.3 Å². The molecule has 1 saturated heterocycles. The third-order valence-corrected chi connectivity index (χ3v) is 6.46. The van der Waals surface area contributed by atoms with Crippen molar-refractivity contribution in [3.8, 4) is 5.75 Å². The first kappa shape index (κ1) is 19.2. The highest BCUT2D eigenvalue weighted by Gasteiger charge is 2.25. The van der Waals surface area contributed by atoms with E-state index in [-0.39, 0.29) is 5.91 Å². The highest BCUT2D eigenvalue weighted by Crippen LogP contribution is 2.33. The fourth-order valence-electron chi connectivity index (χ4n) is 3.61. The molecule has 0 unspecified atom stereocenters. The summed E-state index contributed by atoms with van der Waals surface area (Å²) >= 11 is 7.90. The Morgan fingerprint density at radius 1 is 1.36 bits per heavy atom. The smallest absolute Gasteiger partial charge is 0.238 e. The zero-order valence-electron chi connectivity index (χ0n) is 15.7. The molecule has 1 aliphatic rings. The number of amides is 1. The minimum atomic E-state index is -0.0359. The number of hydrogen-bond donors (Lipinski definition) is 1. The SMILES string of the molecule is COc1ccc(NC(=O)CN2CCC[C@H](c3nc4ccccc4s3)C2)cc1Cl. The standard InChI is InChI=1S/C21H22ClN3O2S/c1-27-18-9-8-15(11-16(18)22)23-20(26)13-25-10-4-5-14(12-25)21-24-17-6-2-3-7-19(17)28-21/h2-3,6-9,11,14H,4-5,10,12-13H2,1H3,(H,23,26)/t14-/m0/s1. The van der Waals surface area contributed by atoms with Crippen molar-refractivity contribution < 1.29 is 9.53 Å². The molecule has 28 heavy (non-hydrogen) atoms. The molecule has 0 aliphatic carbocycles. The summed E-state index contributed by atoms with van der Waals surface area (Å²) in [4.78, 5) is 19.5. The van der Waals surface area contributed by atoms with Crippen LogP contribution in [-0.2, 0) is 4.79 Å². The molecule has 0 saturated carbocycles. The molecule has 5 nitrogen and oxygen atoms in total. The Labute approximate surface area is 173 Å². The van der Waals surface area contributed by atoms with Crippen LogP contribution < -0.4 is 10.1 Å². The van der Waals surface area contributed by atoms with Gasteiger partial charge in [-0.2, -0.15) is 0 Å². The Hall–Kier alpha value is -2.15. The molecule has 1 fully saturated rings. The summed E-state index contributed by atoms with van der Waals surface area (Å²) in [6.07, 6.45) is 2.19. The van der Waals surface area contributed by atoms with Crippen molar-refractivity contribution in [3.63, 3.8) is 0 Å². The molecular weight excluding hydrogens is 394 g/mol. The zero-order chi connectivity index (χ0) is 19.5. The van der Waals surface area contributed by atoms with Crippen LogP contribution in [0.3, 0.4) is 0 Å². The van der Waals surface area contributed by atoms with Crippen LogP contribution in [0.4, 0.5) is 5.69 Å². The van der Waals surface area contributed by atoms with Gasteiger partial charge in [0, 0.05) is 18.2 Å². The van der Waals surface area contributed by atoms with Crippen LogP contribution in [0.1, 0.15) is 23.8 Å². The van der Waals surface area contributed by atoms with E-state index in [2.05, 4.69) is 22.3 Å². The molecule has 1 N–H and O–H groups in total. The summed E-state index contributed by atoms with van der Waals surface area (Å²) < 4.78 is 6.37. The molecule has 146 valence electrons. The minimum absolute atomic E-state index is 0.0359. The number of nitrogens with one attached hydrogen (secondary N) is 1. The first-order chi connectivity index (χ1) is 13.6. The number of nitrogens with zero attached hydrogens (tertiary/aromatic N) is 2. The molecule has 1 amide bonds. The molecule has 3 aromatic rings. The Morgan fingerprint density at radius 2 is 2.21 bits per heavy atom. The number of aromatic nitrogens is 1. The molecule has 1 aromatic heterocycles. The number of piperidine rings is 1. The lowest BCUT2D eigenvalue weighted by atomic mass is 9.99. The predicted octanol–water partition coefficient (Wildman–Crippen LogP) is 4.78. The van der Waals surface area contributed by atoms with E-state index in [1.165, 1.54) is 9.71 Å². The van der Waals surface area contributed by atoms with E-state index in [1.807, 2.05) is 12.1 Å². The molecule has 0 bridgehead atoms. The number of carbonyl (C=O) groups is 1. The van der Waals surface area contributed by atoms with Gasteiger partial charge < -0.3 is 10.1 Å². The van der Waals surface area contributed by atoms with E-state index in [0.29, 0.717) is 28.9 Å². The van der Waals surface area contributed by atoms with Gasteiger partial charge in [0.25, 0.3) is 0 Å². The number of fused-ring (bicyclic) bond motifs is 1. The minimum Gasteiger partial charge on any atom is -0.495 e. The molecule has 0 radical (unpaired) electrons. The van der Waals surface area contributed by atoms with Crippen LogP contribution in [0.5, 0.6) is 5.75 Å². The molecule has 2 heterocycles. The third kappa shape index (κ3) is 4.29. The van der Waals surface area contributed by atoms with Crippen molar-refractivity contribution in [1.82, 2.24) is 9.88 Å². The maximum Gasteiger partial charge on any atom is 0.238 e. The molecule has 1 aliphatic heterocycles. The topological polar surface area (TPSA) is 54.5 Å². The van der Waals surface area contributed by atoms with Crippen molar-refractivity contribution in [2.45, 2.75) is 18.8 Å². The van der Waals surface area contributed by atoms with Gasteiger partial charge in [-0.15, -0.1) is 11.3 Å². The van der Waals surface area contributed by atoms with Gasteiger partial charge in [-0.05, 0) is 49.7 Å². The number of thiazole rings is 1. The van der Waals surface area contributed by atoms with Crippen LogP contribution >= 0.6 is 22.9 Å². The van der Waals surface area contributed by atoms with Crippen molar-refractivity contribution in [3.05, 3.63) is 52.5 Å². The number of ether oxygens (including phenoxy) is 1. The quantitative estimate of drug-likeness (QED) is 0.651. The van der Waals surface area contributed by atoms with Gasteiger partial charge in [-0.1, -0.05) is 23.7 Å². The average Bonchev–Trinajstić information content (AvgIpc) is 3.12. The lowest BCUT2D eigenvalue weighted by Crippen LogP contribution is -2.39. The average molecular weight is 416 g/mol. The summed E-state index contributed by atoms with van der Waals surface area (Å²) in [5.41, 5.74) is 1.74. The molecule has 2 aromatic carbocycles. The Bertz CT molecular complexity index is 958. The number of halogens is 1. The number of carbonyl (C=O) groups excluding carboxylic acids is 1. The third-order valence-electron chi connectivity index (χ3n) is 4.97. The second-order valence-corrected chi connectivity index (χ2v) is 8.46. The van der Waals surface area contributed by atoms with E-state index >= 15 is 0 Å². The van der Waals surface area contributed by atoms with Gasteiger partial charge in [0.2, 0.25) is 5.91 Å². The lowest BCUT2D eigenvalue weighted by Gasteiger charge is -2.31. The van der Waals surface area contributed by atoms with Crippen molar-refractivity contribution in [1.29, 1.82) is 0 Å². The largest absolute Gasteiger partial charge is 0.495 e. The highest BCUT2D eigenvalue weighted by molar-refractivity contribution is 7.18. The predicted molar refractivity (Wildman–Crippen MR) is 115 cm³/mol. The molecule has 0 spiro atoms. The van der Waals surface area contributed by atoms with E-state index < -0.39 is 0 Å². The van der Waals surface area contributed by atoms with Crippen LogP contribution in [0, 0.1) is 0 Å². The van der Waals surface area contributed by atoms with Crippen LogP contribution in [0.25, 0.3) is 10.2 Å². The summed E-state index contributed by atoms with van der Waals surface area (Å²) in [6.45, 7) is 2.15. The van der Waals surface area contributed by atoms with Crippen molar-refractivity contribution in [2.75, 3.05) is 32.1 Å². The number of methoxy groups -OCH3 is 1. The van der Waals surface area contributed by atoms with Crippen molar-refractivity contribution in [2.24, 2.45) is 0 Å². The van der Waals surface area contributed by atoms with E-state index in [9.17, 15) is 4.79 Å². The van der Waals surface area contributed by atoms with Crippen LogP contribution in [0.2, 0.25) is 5.02 Å². The van der Waals surface area contributed by atoms with Crippen molar-refractivity contribution >= 4 is 44.7 Å². The fraction of sp³-hybridized carbons (Fsp3) is 0.333. The molecule has 7 heteroatoms. The van der Waals surface area contributed by atoms with Crippen LogP contribution in [-0.4, -0.2) is 42.5 Å². The summed E-state index contributed by atoms with van der Waals surface area (Å²) in [5, 5.41) is 4.58. The highest BCUT2D eigenvalue weighted by atomic mass is 35.5. The number of rotatable bonds is 5. The fourth-order valence-corrected chi connectivity index (χ4v) is 4.96. The van der Waals surface area contributed by atoms with Gasteiger partial charge in [-0.3, -0.25) is 9.69 Å². The van der Waals surface area contributed by atoms with E-state index in [0.717, 1.165) is 31.4 Å². The zero-order valence-corrected chi connectivity index (χ0v) is 17.2. The van der Waals surface area contributed by atoms with Gasteiger partial charge in [0.15, 0.2) is 0 Å². The first-order valence-electron chi connectivity index (χ1n) is 9.33. The number of para-hydroxylation sites is 1. The number of anilines is 1. The maximum atomic E-state index is 12.5. The maximum absolute atomic E-state index is 12.5. The number of hydrogen-bond acceptors (Lipinski definition) is 5. The van der Waals surface area contributed by atoms with Gasteiger partial charge in [0.05, 0.1) is 33.9 Å². The monoisotopic (exact) mass is 415 g/mol. The summed E-state index contributed by atoms with van der Waals surface area (Å²) in [5.74, 6) is 0.940. The summed E-state index contributed by atoms with van der Waals surface area (Å²) in [7, 11) is 1.57. The van der Waals surface area contributed by atoms with E-state index in [1.54, 1.807) is 36.6 Å². The van der Waals surface area contributed by atoms with Gasteiger partial charge >= 0.3 is 0 Å².